The maximum absolute atomic E-state index is 13.5. The fourth-order valence-corrected chi connectivity index (χ4v) is 5.43. The van der Waals surface area contributed by atoms with E-state index in [4.69, 9.17) is 5.73 Å². The number of benzene rings is 2. The molecule has 0 aromatic heterocycles. The molecule has 2 atom stereocenters. The van der Waals surface area contributed by atoms with E-state index in [1.807, 2.05) is 30.3 Å². The van der Waals surface area contributed by atoms with Crippen molar-refractivity contribution in [2.24, 2.45) is 5.73 Å². The van der Waals surface area contributed by atoms with Gasteiger partial charge >= 0.3 is 6.18 Å². The van der Waals surface area contributed by atoms with Gasteiger partial charge in [0.15, 0.2) is 0 Å². The topological polar surface area (TPSA) is 116 Å². The Hall–Kier alpha value is -2.95. The number of hydrogen-bond acceptors (Lipinski definition) is 5. The second-order valence-corrected chi connectivity index (χ2v) is 9.69. The molecule has 10 heteroatoms. The van der Waals surface area contributed by atoms with Crippen LogP contribution in [-0.2, 0) is 23.0 Å². The lowest BCUT2D eigenvalue weighted by Gasteiger charge is -2.40. The fourth-order valence-electron chi connectivity index (χ4n) is 5.43. The molecular formula is C26H30F3N3O4. The SMILES string of the molecule is NC(=O)c1cccc(C(F)(F)F)c1CC(=O)N[C@H]1CN(C2CCC(O)(c3ccccc3)CC2)C[C@@H]1O. The highest BCUT2D eigenvalue weighted by molar-refractivity contribution is 5.96. The van der Waals surface area contributed by atoms with Crippen LogP contribution >= 0.6 is 0 Å². The van der Waals surface area contributed by atoms with Crippen molar-refractivity contribution in [3.63, 3.8) is 0 Å². The number of amides is 2. The number of halogens is 3. The van der Waals surface area contributed by atoms with Crippen molar-refractivity contribution in [1.29, 1.82) is 0 Å². The Kier molecular flexibility index (Phi) is 7.40. The van der Waals surface area contributed by atoms with E-state index in [9.17, 15) is 33.0 Å². The van der Waals surface area contributed by atoms with Gasteiger partial charge in [-0.15, -0.1) is 0 Å². The van der Waals surface area contributed by atoms with Gasteiger partial charge in [0.2, 0.25) is 11.8 Å². The first-order valence-corrected chi connectivity index (χ1v) is 12.0. The van der Waals surface area contributed by atoms with Gasteiger partial charge < -0.3 is 21.3 Å². The molecule has 2 aromatic rings. The number of rotatable bonds is 6. The van der Waals surface area contributed by atoms with E-state index in [0.29, 0.717) is 38.8 Å². The lowest BCUT2D eigenvalue weighted by molar-refractivity contribution is -0.138. The third-order valence-electron chi connectivity index (χ3n) is 7.36. The van der Waals surface area contributed by atoms with E-state index >= 15 is 0 Å². The number of nitrogens with two attached hydrogens (primary N) is 1. The van der Waals surface area contributed by atoms with E-state index in [-0.39, 0.29) is 11.6 Å². The van der Waals surface area contributed by atoms with Gasteiger partial charge in [0.1, 0.15) is 0 Å². The standard InChI is InChI=1S/C26H30F3N3O4/c27-26(28,29)20-8-4-7-18(24(30)35)19(20)13-23(34)31-21-14-32(15-22(21)33)17-9-11-25(36,12-10-17)16-5-2-1-3-6-16/h1-8,17,21-22,33,36H,9-15H2,(H2,30,35)(H,31,34)/t17?,21-,22-,25?/m0/s1. The van der Waals surface area contributed by atoms with E-state index in [1.165, 1.54) is 0 Å². The number of hydrogen-bond donors (Lipinski definition) is 4. The second kappa shape index (κ2) is 10.2. The summed E-state index contributed by atoms with van der Waals surface area (Å²) in [5, 5.41) is 24.3. The molecule has 1 aliphatic carbocycles. The second-order valence-electron chi connectivity index (χ2n) is 9.69. The van der Waals surface area contributed by atoms with Crippen LogP contribution in [0.15, 0.2) is 48.5 Å². The first-order chi connectivity index (χ1) is 17.0. The molecule has 1 saturated carbocycles. The Morgan fingerprint density at radius 1 is 1.06 bits per heavy atom. The molecule has 5 N–H and O–H groups in total. The van der Waals surface area contributed by atoms with Gasteiger partial charge in [0.25, 0.3) is 0 Å². The summed E-state index contributed by atoms with van der Waals surface area (Å²) in [6.45, 7) is 0.649. The van der Waals surface area contributed by atoms with Gasteiger partial charge in [-0.2, -0.15) is 13.2 Å². The third kappa shape index (κ3) is 5.55. The zero-order chi connectivity index (χ0) is 26.1. The molecule has 1 heterocycles. The lowest BCUT2D eigenvalue weighted by atomic mass is 9.77. The van der Waals surface area contributed by atoms with Crippen molar-refractivity contribution in [1.82, 2.24) is 10.2 Å². The number of carbonyl (C=O) groups is 2. The van der Waals surface area contributed by atoms with Gasteiger partial charge in [-0.05, 0) is 48.9 Å². The Labute approximate surface area is 207 Å². The molecule has 36 heavy (non-hydrogen) atoms. The summed E-state index contributed by atoms with van der Waals surface area (Å²) in [7, 11) is 0. The lowest BCUT2D eigenvalue weighted by Crippen LogP contribution is -2.45. The monoisotopic (exact) mass is 505 g/mol. The van der Waals surface area contributed by atoms with Gasteiger partial charge in [-0.3, -0.25) is 14.5 Å². The third-order valence-corrected chi connectivity index (χ3v) is 7.36. The Balaban J connectivity index is 1.38. The first-order valence-electron chi connectivity index (χ1n) is 12.0. The molecule has 0 spiro atoms. The highest BCUT2D eigenvalue weighted by atomic mass is 19.4. The van der Waals surface area contributed by atoms with Crippen molar-refractivity contribution in [2.75, 3.05) is 13.1 Å². The molecule has 2 amide bonds. The fraction of sp³-hybridized carbons (Fsp3) is 0.462. The largest absolute Gasteiger partial charge is 0.416 e. The molecule has 0 radical (unpaired) electrons. The number of carbonyl (C=O) groups excluding carboxylic acids is 2. The van der Waals surface area contributed by atoms with Crippen LogP contribution in [0, 0.1) is 0 Å². The minimum absolute atomic E-state index is 0.109. The van der Waals surface area contributed by atoms with Gasteiger partial charge in [0, 0.05) is 24.7 Å². The minimum Gasteiger partial charge on any atom is -0.390 e. The molecule has 2 aliphatic rings. The summed E-state index contributed by atoms with van der Waals surface area (Å²) < 4.78 is 40.4. The van der Waals surface area contributed by atoms with Crippen molar-refractivity contribution in [3.05, 3.63) is 70.8 Å². The van der Waals surface area contributed by atoms with E-state index in [1.54, 1.807) is 0 Å². The van der Waals surface area contributed by atoms with Crippen LogP contribution in [0.5, 0.6) is 0 Å². The highest BCUT2D eigenvalue weighted by Crippen LogP contribution is 2.39. The molecule has 194 valence electrons. The number of nitrogens with one attached hydrogen (secondary N) is 1. The number of aliphatic hydroxyl groups is 2. The first kappa shape index (κ1) is 26.1. The predicted molar refractivity (Wildman–Crippen MR) is 126 cm³/mol. The highest BCUT2D eigenvalue weighted by Gasteiger charge is 2.41. The quantitative estimate of drug-likeness (QED) is 0.481. The molecule has 1 saturated heterocycles. The normalized spacial score (nSPS) is 27.1. The van der Waals surface area contributed by atoms with Crippen molar-refractivity contribution < 1.29 is 33.0 Å². The number of aliphatic hydroxyl groups excluding tert-OH is 1. The summed E-state index contributed by atoms with van der Waals surface area (Å²) in [6.07, 6.45) is -3.79. The van der Waals surface area contributed by atoms with Crippen LogP contribution in [0.4, 0.5) is 13.2 Å². The summed E-state index contributed by atoms with van der Waals surface area (Å²) in [5.41, 5.74) is 3.30. The minimum atomic E-state index is -4.76. The van der Waals surface area contributed by atoms with Crippen molar-refractivity contribution in [3.8, 4) is 0 Å². The Bertz CT molecular complexity index is 1100. The molecule has 4 rings (SSSR count). The Morgan fingerprint density at radius 3 is 2.33 bits per heavy atom. The molecule has 1 aliphatic heterocycles. The van der Waals surface area contributed by atoms with E-state index < -0.39 is 53.3 Å². The number of β-amino-alcohol motifs (C(OH)–C–C–N with tert-alkyl or cyclic N) is 1. The molecule has 2 fully saturated rings. The van der Waals surface area contributed by atoms with Crippen molar-refractivity contribution in [2.45, 2.75) is 62.1 Å². The van der Waals surface area contributed by atoms with Crippen LogP contribution in [-0.4, -0.2) is 58.2 Å². The van der Waals surface area contributed by atoms with Gasteiger partial charge in [-0.25, -0.2) is 0 Å². The number of likely N-dealkylation sites (tertiary alicyclic amines) is 1. The molecule has 0 bridgehead atoms. The van der Waals surface area contributed by atoms with Crippen LogP contribution < -0.4 is 11.1 Å². The number of alkyl halides is 3. The smallest absolute Gasteiger partial charge is 0.390 e. The molecular weight excluding hydrogens is 475 g/mol. The number of nitrogens with zero attached hydrogens (tertiary/aromatic N) is 1. The summed E-state index contributed by atoms with van der Waals surface area (Å²) in [5.74, 6) is -1.79. The molecule has 0 unspecified atom stereocenters. The molecule has 2 aromatic carbocycles. The zero-order valence-corrected chi connectivity index (χ0v) is 19.7. The van der Waals surface area contributed by atoms with Gasteiger partial charge in [-0.1, -0.05) is 36.4 Å². The number of primary amides is 1. The molecule has 7 nitrogen and oxygen atoms in total. The Morgan fingerprint density at radius 2 is 1.72 bits per heavy atom. The summed E-state index contributed by atoms with van der Waals surface area (Å²) in [4.78, 5) is 26.4. The van der Waals surface area contributed by atoms with Gasteiger partial charge in [0.05, 0.1) is 29.7 Å². The van der Waals surface area contributed by atoms with Crippen molar-refractivity contribution >= 4 is 11.8 Å². The summed E-state index contributed by atoms with van der Waals surface area (Å²) >= 11 is 0. The predicted octanol–water partition coefficient (Wildman–Crippen LogP) is 2.34. The summed E-state index contributed by atoms with van der Waals surface area (Å²) in [6, 6.07) is 12.0. The van der Waals surface area contributed by atoms with E-state index in [0.717, 1.165) is 23.8 Å². The van der Waals surface area contributed by atoms with Crippen LogP contribution in [0.1, 0.15) is 52.7 Å². The maximum atomic E-state index is 13.5. The van der Waals surface area contributed by atoms with Crippen LogP contribution in [0.3, 0.4) is 0 Å². The zero-order valence-electron chi connectivity index (χ0n) is 19.7. The average Bonchev–Trinajstić information content (AvgIpc) is 3.19. The average molecular weight is 506 g/mol. The van der Waals surface area contributed by atoms with E-state index in [2.05, 4.69) is 10.2 Å². The maximum Gasteiger partial charge on any atom is 0.416 e. The van der Waals surface area contributed by atoms with Crippen LogP contribution in [0.25, 0.3) is 0 Å². The van der Waals surface area contributed by atoms with Crippen LogP contribution in [0.2, 0.25) is 0 Å².